The third kappa shape index (κ3) is 4.09. The van der Waals surface area contributed by atoms with Crippen LogP contribution in [0.5, 0.6) is 11.6 Å². The van der Waals surface area contributed by atoms with E-state index in [0.717, 1.165) is 37.6 Å². The first-order chi connectivity index (χ1) is 11.2. The molecule has 0 spiro atoms. The van der Waals surface area contributed by atoms with E-state index in [1.54, 1.807) is 19.5 Å². The summed E-state index contributed by atoms with van der Waals surface area (Å²) in [4.78, 5) is 15.3. The monoisotopic (exact) mass is 314 g/mol. The Morgan fingerprint density at radius 2 is 1.91 bits per heavy atom. The first kappa shape index (κ1) is 15.5. The Labute approximate surface area is 136 Å². The van der Waals surface area contributed by atoms with Crippen LogP contribution in [0.4, 0.5) is 5.95 Å². The first-order valence-corrected chi connectivity index (χ1v) is 7.92. The molecule has 1 aliphatic rings. The molecule has 122 valence electrons. The van der Waals surface area contributed by atoms with Gasteiger partial charge in [0.05, 0.1) is 26.1 Å². The second-order valence-electron chi connectivity index (χ2n) is 5.78. The minimum Gasteiger partial charge on any atom is -0.494 e. The van der Waals surface area contributed by atoms with Crippen LogP contribution in [0.25, 0.3) is 0 Å². The molecule has 6 nitrogen and oxygen atoms in total. The van der Waals surface area contributed by atoms with Gasteiger partial charge < -0.3 is 14.4 Å². The van der Waals surface area contributed by atoms with Crippen LogP contribution in [0.1, 0.15) is 18.5 Å². The summed E-state index contributed by atoms with van der Waals surface area (Å²) in [5, 5.41) is 0. The van der Waals surface area contributed by atoms with Gasteiger partial charge in [-0.05, 0) is 31.7 Å². The lowest BCUT2D eigenvalue weighted by Crippen LogP contribution is -2.36. The van der Waals surface area contributed by atoms with Gasteiger partial charge in [-0.3, -0.25) is 0 Å². The second-order valence-corrected chi connectivity index (χ2v) is 5.78. The highest BCUT2D eigenvalue weighted by molar-refractivity contribution is 5.31. The zero-order chi connectivity index (χ0) is 16.1. The summed E-state index contributed by atoms with van der Waals surface area (Å²) in [5.74, 6) is 2.71. The minimum absolute atomic E-state index is 0.548. The molecule has 0 aromatic carbocycles. The van der Waals surface area contributed by atoms with Gasteiger partial charge in [0, 0.05) is 24.8 Å². The molecule has 0 bridgehead atoms. The van der Waals surface area contributed by atoms with Gasteiger partial charge >= 0.3 is 0 Å². The normalized spacial score (nSPS) is 15.5. The quantitative estimate of drug-likeness (QED) is 0.845. The van der Waals surface area contributed by atoms with Crippen molar-refractivity contribution < 1.29 is 9.47 Å². The van der Waals surface area contributed by atoms with Crippen LogP contribution >= 0.6 is 0 Å². The average Bonchev–Trinajstić information content (AvgIpc) is 2.61. The summed E-state index contributed by atoms with van der Waals surface area (Å²) >= 11 is 0. The molecule has 0 atom stereocenters. The molecule has 0 N–H and O–H groups in total. The Bertz CT molecular complexity index is 625. The van der Waals surface area contributed by atoms with Gasteiger partial charge in [-0.15, -0.1) is 0 Å². The highest BCUT2D eigenvalue weighted by Gasteiger charge is 2.21. The zero-order valence-corrected chi connectivity index (χ0v) is 13.6. The summed E-state index contributed by atoms with van der Waals surface area (Å²) in [6, 6.07) is 5.86. The first-order valence-electron chi connectivity index (χ1n) is 7.92. The Balaban J connectivity index is 1.48. The van der Waals surface area contributed by atoms with Crippen molar-refractivity contribution >= 4 is 5.95 Å². The number of nitrogens with zero attached hydrogens (tertiary/aromatic N) is 4. The number of anilines is 1. The third-order valence-corrected chi connectivity index (χ3v) is 4.08. The fourth-order valence-electron chi connectivity index (χ4n) is 2.68. The van der Waals surface area contributed by atoms with Crippen molar-refractivity contribution in [1.82, 2.24) is 15.0 Å². The van der Waals surface area contributed by atoms with Crippen molar-refractivity contribution in [2.45, 2.75) is 19.8 Å². The van der Waals surface area contributed by atoms with Crippen molar-refractivity contribution in [1.29, 1.82) is 0 Å². The van der Waals surface area contributed by atoms with Gasteiger partial charge in [-0.25, -0.2) is 15.0 Å². The number of aryl methyl sites for hydroxylation is 1. The summed E-state index contributed by atoms with van der Waals surface area (Å²) in [7, 11) is 1.62. The maximum atomic E-state index is 5.82. The lowest BCUT2D eigenvalue weighted by molar-refractivity contribution is 0.215. The smallest absolute Gasteiger partial charge is 0.225 e. The fourth-order valence-corrected chi connectivity index (χ4v) is 2.68. The van der Waals surface area contributed by atoms with Crippen molar-refractivity contribution in [2.24, 2.45) is 5.92 Å². The van der Waals surface area contributed by atoms with Crippen LogP contribution < -0.4 is 14.4 Å². The molecule has 23 heavy (non-hydrogen) atoms. The Hall–Kier alpha value is -2.37. The number of aromatic nitrogens is 3. The van der Waals surface area contributed by atoms with Crippen LogP contribution in [0.2, 0.25) is 0 Å². The van der Waals surface area contributed by atoms with Gasteiger partial charge in [-0.1, -0.05) is 6.07 Å². The number of rotatable bonds is 5. The predicted molar refractivity (Wildman–Crippen MR) is 88.0 cm³/mol. The van der Waals surface area contributed by atoms with Crippen LogP contribution in [-0.2, 0) is 0 Å². The van der Waals surface area contributed by atoms with Gasteiger partial charge in [0.25, 0.3) is 0 Å². The van der Waals surface area contributed by atoms with Crippen molar-refractivity contribution in [3.63, 3.8) is 0 Å². The standard InChI is InChI=1S/C17H22N4O2/c1-13-4-3-5-16(20-13)23-12-14-6-8-21(9-7-14)17-18-10-15(22-2)11-19-17/h3-5,10-11,14H,6-9,12H2,1-2H3. The highest BCUT2D eigenvalue weighted by atomic mass is 16.5. The lowest BCUT2D eigenvalue weighted by Gasteiger charge is -2.31. The maximum Gasteiger partial charge on any atom is 0.225 e. The van der Waals surface area contributed by atoms with Crippen molar-refractivity contribution in [2.75, 3.05) is 31.7 Å². The Morgan fingerprint density at radius 1 is 1.17 bits per heavy atom. The number of hydrogen-bond donors (Lipinski definition) is 0. The van der Waals surface area contributed by atoms with Crippen molar-refractivity contribution in [3.8, 4) is 11.6 Å². The second kappa shape index (κ2) is 7.26. The highest BCUT2D eigenvalue weighted by Crippen LogP contribution is 2.22. The van der Waals surface area contributed by atoms with Gasteiger partial charge in [-0.2, -0.15) is 0 Å². The predicted octanol–water partition coefficient (Wildman–Crippen LogP) is 2.48. The van der Waals surface area contributed by atoms with E-state index in [1.165, 1.54) is 0 Å². The molecule has 1 fully saturated rings. The summed E-state index contributed by atoms with van der Waals surface area (Å²) in [5.41, 5.74) is 0.981. The molecule has 0 unspecified atom stereocenters. The van der Waals surface area contributed by atoms with E-state index < -0.39 is 0 Å². The molecule has 1 aliphatic heterocycles. The molecular weight excluding hydrogens is 292 g/mol. The van der Waals surface area contributed by atoms with E-state index in [1.807, 2.05) is 25.1 Å². The molecule has 6 heteroatoms. The molecular formula is C17H22N4O2. The lowest BCUT2D eigenvalue weighted by atomic mass is 9.98. The molecule has 0 amide bonds. The average molecular weight is 314 g/mol. The van der Waals surface area contributed by atoms with E-state index >= 15 is 0 Å². The van der Waals surface area contributed by atoms with Gasteiger partial charge in [0.15, 0.2) is 5.75 Å². The topological polar surface area (TPSA) is 60.4 Å². The molecule has 3 rings (SSSR count). The largest absolute Gasteiger partial charge is 0.494 e. The summed E-state index contributed by atoms with van der Waals surface area (Å²) in [6.45, 7) is 4.58. The van der Waals surface area contributed by atoms with E-state index in [-0.39, 0.29) is 0 Å². The number of piperidine rings is 1. The molecule has 0 aliphatic carbocycles. The van der Waals surface area contributed by atoms with Crippen LogP contribution in [0, 0.1) is 12.8 Å². The fraction of sp³-hybridized carbons (Fsp3) is 0.471. The summed E-state index contributed by atoms with van der Waals surface area (Å²) in [6.07, 6.45) is 5.56. The third-order valence-electron chi connectivity index (χ3n) is 4.08. The Kier molecular flexibility index (Phi) is 4.90. The molecule has 2 aromatic heterocycles. The van der Waals surface area contributed by atoms with E-state index in [2.05, 4.69) is 19.9 Å². The molecule has 1 saturated heterocycles. The molecule has 3 heterocycles. The molecule has 0 radical (unpaired) electrons. The minimum atomic E-state index is 0.548. The maximum absolute atomic E-state index is 5.82. The SMILES string of the molecule is COc1cnc(N2CCC(COc3cccc(C)n3)CC2)nc1. The van der Waals surface area contributed by atoms with E-state index in [0.29, 0.717) is 24.2 Å². The summed E-state index contributed by atoms with van der Waals surface area (Å²) < 4.78 is 10.9. The van der Waals surface area contributed by atoms with Gasteiger partial charge in [0.2, 0.25) is 11.8 Å². The van der Waals surface area contributed by atoms with Crippen LogP contribution in [-0.4, -0.2) is 41.8 Å². The molecule has 0 saturated carbocycles. The molecule has 2 aromatic rings. The van der Waals surface area contributed by atoms with Crippen molar-refractivity contribution in [3.05, 3.63) is 36.3 Å². The van der Waals surface area contributed by atoms with E-state index in [9.17, 15) is 0 Å². The number of pyridine rings is 1. The van der Waals surface area contributed by atoms with Gasteiger partial charge in [0.1, 0.15) is 0 Å². The van der Waals surface area contributed by atoms with Crippen LogP contribution in [0.15, 0.2) is 30.6 Å². The van der Waals surface area contributed by atoms with Crippen LogP contribution in [0.3, 0.4) is 0 Å². The number of methoxy groups -OCH3 is 1. The zero-order valence-electron chi connectivity index (χ0n) is 13.6. The Morgan fingerprint density at radius 3 is 2.57 bits per heavy atom. The number of hydrogen-bond acceptors (Lipinski definition) is 6. The number of ether oxygens (including phenoxy) is 2. The van der Waals surface area contributed by atoms with E-state index in [4.69, 9.17) is 9.47 Å².